The van der Waals surface area contributed by atoms with Crippen molar-refractivity contribution in [2.75, 3.05) is 0 Å². The van der Waals surface area contributed by atoms with Crippen molar-refractivity contribution in [2.24, 2.45) is 7.05 Å². The van der Waals surface area contributed by atoms with Crippen LogP contribution in [0.25, 0.3) is 0 Å². The first-order valence-electron chi connectivity index (χ1n) is 8.74. The Morgan fingerprint density at radius 1 is 0.741 bits per heavy atom. The van der Waals surface area contributed by atoms with Gasteiger partial charge in [0.1, 0.15) is 0 Å². The molecule has 6 heteroatoms. The van der Waals surface area contributed by atoms with E-state index in [1.54, 1.807) is 4.68 Å². The summed E-state index contributed by atoms with van der Waals surface area (Å²) in [6.45, 7) is 0. The molecule has 1 aromatic heterocycles. The molecule has 0 amide bonds. The van der Waals surface area contributed by atoms with Gasteiger partial charge in [-0.15, -0.1) is 0 Å². The van der Waals surface area contributed by atoms with E-state index in [2.05, 4.69) is 51.9 Å². The molecule has 0 radical (unpaired) electrons. The van der Waals surface area contributed by atoms with E-state index in [1.807, 2.05) is 61.6 Å². The van der Waals surface area contributed by atoms with E-state index in [-0.39, 0.29) is 0 Å². The molecule has 0 N–H and O–H groups in total. The van der Waals surface area contributed by atoms with E-state index in [4.69, 9.17) is 11.2 Å². The first-order valence-corrected chi connectivity index (χ1v) is 12.1. The summed E-state index contributed by atoms with van der Waals surface area (Å²) in [4.78, 5) is 0. The zero-order valence-electron chi connectivity index (χ0n) is 15.0. The maximum atomic E-state index is 7.96. The number of tetrazole rings is 1. The van der Waals surface area contributed by atoms with Crippen LogP contribution in [-0.2, 0) is 13.2 Å². The number of hydrogen-bond acceptors (Lipinski definition) is 3. The van der Waals surface area contributed by atoms with Crippen LogP contribution in [0.4, 0.5) is 0 Å². The van der Waals surface area contributed by atoms with Crippen LogP contribution in [0.2, 0.25) is 0 Å². The normalized spacial score (nSPS) is 13.0. The topological polar surface area (TPSA) is 43.6 Å². The van der Waals surface area contributed by atoms with Crippen LogP contribution in [0.1, 0.15) is 5.82 Å². The molecule has 0 fully saturated rings. The molecule has 0 aliphatic carbocycles. The number of benzene rings is 3. The Kier molecular flexibility index (Phi) is 4.55. The number of rotatable bonds is 5. The van der Waals surface area contributed by atoms with Gasteiger partial charge in [0.2, 0.25) is 0 Å². The zero-order valence-corrected chi connectivity index (χ0v) is 16.6. The first-order chi connectivity index (χ1) is 13.1. The average molecular weight is 395 g/mol. The van der Waals surface area contributed by atoms with Crippen LogP contribution in [0.15, 0.2) is 91.0 Å². The summed E-state index contributed by atoms with van der Waals surface area (Å²) in [6, 6.07) is 31.0. The van der Waals surface area contributed by atoms with Gasteiger partial charge in [-0.25, -0.2) is 0 Å². The van der Waals surface area contributed by atoms with Crippen LogP contribution in [0.5, 0.6) is 0 Å². The second-order valence-electron chi connectivity index (χ2n) is 6.57. The number of hydrogen-bond donors (Lipinski definition) is 0. The number of halogens is 1. The Morgan fingerprint density at radius 2 is 1.15 bits per heavy atom. The molecule has 0 atom stereocenters. The Morgan fingerprint density at radius 3 is 1.48 bits per heavy atom. The zero-order chi connectivity index (χ0) is 18.8. The summed E-state index contributed by atoms with van der Waals surface area (Å²) in [5, 5.41) is 15.5. The summed E-state index contributed by atoms with van der Waals surface area (Å²) >= 11 is 7.96. The number of nitrogens with zero attached hydrogens (tertiary/aromatic N) is 4. The van der Waals surface area contributed by atoms with Crippen molar-refractivity contribution >= 4 is 33.1 Å². The van der Waals surface area contributed by atoms with Crippen molar-refractivity contribution in [1.82, 2.24) is 20.2 Å². The molecular weight excluding hydrogens is 375 g/mol. The van der Waals surface area contributed by atoms with E-state index in [0.717, 1.165) is 21.7 Å². The minimum atomic E-state index is -3.37. The average Bonchev–Trinajstić information content (AvgIpc) is 3.14. The van der Waals surface area contributed by atoms with Crippen molar-refractivity contribution in [3.63, 3.8) is 0 Å². The summed E-state index contributed by atoms with van der Waals surface area (Å²) in [5.41, 5.74) is 0. The Hall–Kier alpha value is -2.55. The second kappa shape index (κ2) is 6.88. The second-order valence-corrected chi connectivity index (χ2v) is 13.0. The van der Waals surface area contributed by atoms with E-state index in [9.17, 15) is 0 Å². The summed E-state index contributed by atoms with van der Waals surface area (Å²) in [5.74, 6) is -2.60. The standard InChI is InChI=1S/C21H20ClN4P/c1-26-21(23-24-25-26)17-27(22,18-11-5-2-6-12-18,19-13-7-3-8-14-19)20-15-9-4-10-16-20/h2-16H,17H2,1H3. The molecule has 4 aromatic rings. The third-order valence-electron chi connectivity index (χ3n) is 5.03. The first kappa shape index (κ1) is 17.8. The molecule has 4 nitrogen and oxygen atoms in total. The van der Waals surface area contributed by atoms with E-state index in [1.165, 1.54) is 0 Å². The number of aromatic nitrogens is 4. The van der Waals surface area contributed by atoms with Crippen molar-refractivity contribution in [2.45, 2.75) is 6.16 Å². The van der Waals surface area contributed by atoms with Crippen LogP contribution in [-0.4, -0.2) is 20.2 Å². The van der Waals surface area contributed by atoms with Crippen molar-refractivity contribution < 1.29 is 0 Å². The van der Waals surface area contributed by atoms with Crippen molar-refractivity contribution in [1.29, 1.82) is 0 Å². The maximum absolute atomic E-state index is 7.96. The fourth-order valence-corrected chi connectivity index (χ4v) is 9.54. The van der Waals surface area contributed by atoms with Crippen LogP contribution >= 0.6 is 17.2 Å². The van der Waals surface area contributed by atoms with E-state index in [0.29, 0.717) is 6.16 Å². The fraction of sp³-hybridized carbons (Fsp3) is 0.0952. The molecule has 27 heavy (non-hydrogen) atoms. The van der Waals surface area contributed by atoms with Gasteiger partial charge in [-0.2, -0.15) is 0 Å². The van der Waals surface area contributed by atoms with Gasteiger partial charge in [0.05, 0.1) is 0 Å². The molecule has 0 bridgehead atoms. The SMILES string of the molecule is Cn1nnnc1CP(Cl)(c1ccccc1)(c1ccccc1)c1ccccc1. The summed E-state index contributed by atoms with van der Waals surface area (Å²) in [7, 11) is 1.86. The van der Waals surface area contributed by atoms with Gasteiger partial charge in [-0.05, 0) is 0 Å². The molecule has 0 unspecified atom stereocenters. The molecule has 4 rings (SSSR count). The molecule has 0 saturated carbocycles. The van der Waals surface area contributed by atoms with Crippen LogP contribution in [0, 0.1) is 0 Å². The predicted octanol–water partition coefficient (Wildman–Crippen LogP) is 3.39. The Bertz CT molecular complexity index is 936. The molecule has 0 aliphatic heterocycles. The van der Waals surface area contributed by atoms with Gasteiger partial charge in [0.15, 0.2) is 0 Å². The molecule has 0 saturated heterocycles. The Balaban J connectivity index is 2.11. The third-order valence-corrected chi connectivity index (χ3v) is 12.1. The Labute approximate surface area is 163 Å². The van der Waals surface area contributed by atoms with E-state index >= 15 is 0 Å². The van der Waals surface area contributed by atoms with E-state index < -0.39 is 5.96 Å². The van der Waals surface area contributed by atoms with Crippen LogP contribution < -0.4 is 15.9 Å². The molecule has 3 aromatic carbocycles. The summed E-state index contributed by atoms with van der Waals surface area (Å²) in [6.07, 6.45) is 0.536. The quantitative estimate of drug-likeness (QED) is 0.487. The van der Waals surface area contributed by atoms with Gasteiger partial charge in [-0.1, -0.05) is 0 Å². The predicted molar refractivity (Wildman–Crippen MR) is 114 cm³/mol. The molecule has 0 spiro atoms. The molecule has 0 aliphatic rings. The van der Waals surface area contributed by atoms with Gasteiger partial charge in [-0.3, -0.25) is 0 Å². The van der Waals surface area contributed by atoms with Crippen molar-refractivity contribution in [3.8, 4) is 0 Å². The third kappa shape index (κ3) is 2.86. The van der Waals surface area contributed by atoms with Crippen molar-refractivity contribution in [3.05, 3.63) is 96.8 Å². The molecule has 136 valence electrons. The van der Waals surface area contributed by atoms with Gasteiger partial charge in [0, 0.05) is 0 Å². The number of aryl methyl sites for hydroxylation is 1. The molecular formula is C21H20ClN4P. The van der Waals surface area contributed by atoms with Gasteiger partial charge in [0.25, 0.3) is 0 Å². The monoisotopic (exact) mass is 394 g/mol. The van der Waals surface area contributed by atoms with Crippen LogP contribution in [0.3, 0.4) is 0 Å². The molecule has 1 heterocycles. The van der Waals surface area contributed by atoms with Gasteiger partial charge < -0.3 is 0 Å². The van der Waals surface area contributed by atoms with Gasteiger partial charge >= 0.3 is 163 Å². The summed E-state index contributed by atoms with van der Waals surface area (Å²) < 4.78 is 1.71. The minimum absolute atomic E-state index is 0.536. The fourth-order valence-electron chi connectivity index (χ4n) is 3.59.